The highest BCUT2D eigenvalue weighted by Gasteiger charge is 2.27. The number of primary amides is 1. The van der Waals surface area contributed by atoms with Crippen molar-refractivity contribution < 1.29 is 19.8 Å². The molecular weight excluding hydrogens is 152 g/mol. The molecule has 0 heterocycles. The first kappa shape index (κ1) is 9.86. The summed E-state index contributed by atoms with van der Waals surface area (Å²) in [6.45, 7) is -0.650. The van der Waals surface area contributed by atoms with Gasteiger partial charge >= 0.3 is 5.97 Å². The molecule has 0 rings (SSSR count). The van der Waals surface area contributed by atoms with Crippen LogP contribution in [0, 0.1) is 5.92 Å². The number of aliphatic hydroxyl groups is 1. The number of nitrogens with two attached hydrogens (primary N) is 2. The van der Waals surface area contributed by atoms with Gasteiger partial charge in [-0.25, -0.2) is 0 Å². The van der Waals surface area contributed by atoms with Gasteiger partial charge in [0.25, 0.3) is 0 Å². The second-order valence-corrected chi connectivity index (χ2v) is 2.06. The molecule has 1 amide bonds. The third kappa shape index (κ3) is 2.52. The fourth-order valence-corrected chi connectivity index (χ4v) is 0.553. The maximum atomic E-state index is 10.4. The van der Waals surface area contributed by atoms with Crippen molar-refractivity contribution in [2.24, 2.45) is 17.4 Å². The molecule has 0 aliphatic carbocycles. The van der Waals surface area contributed by atoms with Crippen molar-refractivity contribution >= 4 is 11.9 Å². The topological polar surface area (TPSA) is 127 Å². The van der Waals surface area contributed by atoms with Crippen molar-refractivity contribution in [1.29, 1.82) is 0 Å². The minimum Gasteiger partial charge on any atom is -0.480 e. The lowest BCUT2D eigenvalue weighted by Gasteiger charge is -2.13. The number of carboxylic acids is 1. The van der Waals surface area contributed by atoms with E-state index in [1.807, 2.05) is 0 Å². The van der Waals surface area contributed by atoms with Crippen molar-refractivity contribution in [2.75, 3.05) is 6.61 Å². The maximum absolute atomic E-state index is 10.4. The Labute approximate surface area is 62.8 Å². The Kier molecular flexibility index (Phi) is 3.49. The quantitative estimate of drug-likeness (QED) is 0.363. The predicted molar refractivity (Wildman–Crippen MR) is 35.4 cm³/mol. The van der Waals surface area contributed by atoms with E-state index in [2.05, 4.69) is 0 Å². The lowest BCUT2D eigenvalue weighted by atomic mass is 10.0. The van der Waals surface area contributed by atoms with E-state index < -0.39 is 30.4 Å². The van der Waals surface area contributed by atoms with Crippen LogP contribution in [0.3, 0.4) is 0 Å². The second-order valence-electron chi connectivity index (χ2n) is 2.06. The highest BCUT2D eigenvalue weighted by molar-refractivity contribution is 5.85. The summed E-state index contributed by atoms with van der Waals surface area (Å²) in [5, 5.41) is 16.8. The number of hydrogen-bond acceptors (Lipinski definition) is 4. The van der Waals surface area contributed by atoms with Crippen molar-refractivity contribution in [3.05, 3.63) is 0 Å². The number of amides is 1. The second kappa shape index (κ2) is 3.89. The molecule has 6 heteroatoms. The zero-order chi connectivity index (χ0) is 9.02. The Morgan fingerprint density at radius 1 is 1.45 bits per heavy atom. The molecule has 0 aliphatic heterocycles. The Morgan fingerprint density at radius 3 is 2.00 bits per heavy atom. The first-order valence-corrected chi connectivity index (χ1v) is 2.89. The molecule has 0 saturated carbocycles. The number of carboxylic acid groups (broad SMARTS) is 1. The lowest BCUT2D eigenvalue weighted by molar-refractivity contribution is -0.143. The number of aliphatic hydroxyl groups excluding tert-OH is 1. The molecule has 6 nitrogen and oxygen atoms in total. The Hall–Kier alpha value is -1.14. The van der Waals surface area contributed by atoms with Crippen LogP contribution in [0.1, 0.15) is 0 Å². The van der Waals surface area contributed by atoms with Gasteiger partial charge in [0.15, 0.2) is 0 Å². The smallest absolute Gasteiger partial charge is 0.321 e. The van der Waals surface area contributed by atoms with Crippen molar-refractivity contribution in [1.82, 2.24) is 0 Å². The van der Waals surface area contributed by atoms with Crippen LogP contribution in [0.4, 0.5) is 0 Å². The number of carbonyl (C=O) groups excluding carboxylic acids is 1. The SMILES string of the molecule is NC(=O)C(CO)C(N)C(=O)O. The molecule has 64 valence electrons. The van der Waals surface area contributed by atoms with Gasteiger partial charge in [-0.05, 0) is 0 Å². The van der Waals surface area contributed by atoms with E-state index in [1.165, 1.54) is 0 Å². The largest absolute Gasteiger partial charge is 0.480 e. The summed E-state index contributed by atoms with van der Waals surface area (Å²) in [5.74, 6) is -3.49. The normalized spacial score (nSPS) is 15.5. The summed E-state index contributed by atoms with van der Waals surface area (Å²) in [5.41, 5.74) is 9.76. The molecule has 2 atom stereocenters. The fraction of sp³-hybridized carbons (Fsp3) is 0.600. The van der Waals surface area contributed by atoms with Crippen LogP contribution in [-0.2, 0) is 9.59 Å². The average Bonchev–Trinajstić information content (AvgIpc) is 1.88. The standard InChI is InChI=1S/C5H10N2O4/c6-3(5(10)11)2(1-8)4(7)9/h2-3,8H,1,6H2,(H2,7,9)(H,10,11). The van der Waals surface area contributed by atoms with E-state index in [1.54, 1.807) is 0 Å². The highest BCUT2D eigenvalue weighted by Crippen LogP contribution is 1.99. The summed E-state index contributed by atoms with van der Waals surface area (Å²) in [4.78, 5) is 20.6. The third-order valence-electron chi connectivity index (χ3n) is 1.28. The molecule has 0 aliphatic rings. The number of aliphatic carboxylic acids is 1. The van der Waals surface area contributed by atoms with Gasteiger partial charge in [-0.15, -0.1) is 0 Å². The average molecular weight is 162 g/mol. The molecule has 0 aromatic heterocycles. The number of hydrogen-bond donors (Lipinski definition) is 4. The van der Waals surface area contributed by atoms with Gasteiger partial charge in [-0.1, -0.05) is 0 Å². The van der Waals surface area contributed by atoms with Crippen LogP contribution >= 0.6 is 0 Å². The first-order chi connectivity index (χ1) is 5.00. The van der Waals surface area contributed by atoms with Gasteiger partial charge in [0.1, 0.15) is 6.04 Å². The number of rotatable bonds is 4. The fourth-order valence-electron chi connectivity index (χ4n) is 0.553. The van der Waals surface area contributed by atoms with E-state index in [0.717, 1.165) is 0 Å². The van der Waals surface area contributed by atoms with E-state index in [4.69, 9.17) is 21.7 Å². The number of carbonyl (C=O) groups is 2. The molecule has 11 heavy (non-hydrogen) atoms. The molecule has 0 fully saturated rings. The molecule has 2 unspecified atom stereocenters. The lowest BCUT2D eigenvalue weighted by Crippen LogP contribution is -2.46. The molecule has 0 radical (unpaired) electrons. The predicted octanol–water partition coefficient (Wildman–Crippen LogP) is -2.51. The van der Waals surface area contributed by atoms with Crippen LogP contribution in [0.5, 0.6) is 0 Å². The van der Waals surface area contributed by atoms with Crippen LogP contribution in [0.15, 0.2) is 0 Å². The van der Waals surface area contributed by atoms with Gasteiger partial charge in [0.05, 0.1) is 12.5 Å². The van der Waals surface area contributed by atoms with Crippen molar-refractivity contribution in [3.63, 3.8) is 0 Å². The Morgan fingerprint density at radius 2 is 1.91 bits per heavy atom. The minimum absolute atomic E-state index is 0.650. The van der Waals surface area contributed by atoms with Gasteiger partial charge in [0, 0.05) is 0 Å². The molecule has 0 bridgehead atoms. The van der Waals surface area contributed by atoms with Crippen molar-refractivity contribution in [2.45, 2.75) is 6.04 Å². The molecule has 6 N–H and O–H groups in total. The molecule has 0 spiro atoms. The van der Waals surface area contributed by atoms with E-state index in [-0.39, 0.29) is 0 Å². The summed E-state index contributed by atoms with van der Waals surface area (Å²) in [6, 6.07) is -1.43. The van der Waals surface area contributed by atoms with Gasteiger partial charge in [0.2, 0.25) is 5.91 Å². The Bertz CT molecular complexity index is 170. The zero-order valence-electron chi connectivity index (χ0n) is 5.73. The van der Waals surface area contributed by atoms with Crippen LogP contribution in [0.25, 0.3) is 0 Å². The van der Waals surface area contributed by atoms with Crippen LogP contribution < -0.4 is 11.5 Å². The zero-order valence-corrected chi connectivity index (χ0v) is 5.73. The van der Waals surface area contributed by atoms with Crippen LogP contribution in [-0.4, -0.2) is 34.7 Å². The van der Waals surface area contributed by atoms with Crippen LogP contribution in [0.2, 0.25) is 0 Å². The molecular formula is C5H10N2O4. The summed E-state index contributed by atoms with van der Waals surface area (Å²) < 4.78 is 0. The van der Waals surface area contributed by atoms with Gasteiger partial charge in [-0.3, -0.25) is 9.59 Å². The first-order valence-electron chi connectivity index (χ1n) is 2.89. The van der Waals surface area contributed by atoms with E-state index in [9.17, 15) is 9.59 Å². The molecule has 0 aromatic rings. The maximum Gasteiger partial charge on any atom is 0.321 e. The molecule has 0 aromatic carbocycles. The van der Waals surface area contributed by atoms with Gasteiger partial charge < -0.3 is 21.7 Å². The Balaban J connectivity index is 4.25. The van der Waals surface area contributed by atoms with Crippen molar-refractivity contribution in [3.8, 4) is 0 Å². The monoisotopic (exact) mass is 162 g/mol. The van der Waals surface area contributed by atoms with E-state index in [0.29, 0.717) is 0 Å². The molecule has 0 saturated heterocycles. The summed E-state index contributed by atoms with van der Waals surface area (Å²) in [7, 11) is 0. The summed E-state index contributed by atoms with van der Waals surface area (Å²) >= 11 is 0. The summed E-state index contributed by atoms with van der Waals surface area (Å²) in [6.07, 6.45) is 0. The minimum atomic E-state index is -1.43. The highest BCUT2D eigenvalue weighted by atomic mass is 16.4. The van der Waals surface area contributed by atoms with Gasteiger partial charge in [-0.2, -0.15) is 0 Å². The van der Waals surface area contributed by atoms with E-state index >= 15 is 0 Å². The third-order valence-corrected chi connectivity index (χ3v) is 1.28.